The van der Waals surface area contributed by atoms with E-state index in [-0.39, 0.29) is 0 Å². The number of rotatable bonds is 3. The van der Waals surface area contributed by atoms with Crippen LogP contribution in [-0.2, 0) is 6.42 Å². The molecule has 1 aliphatic rings. The number of hydrogen-bond acceptors (Lipinski definition) is 2. The van der Waals surface area contributed by atoms with E-state index in [0.29, 0.717) is 4.87 Å². The Morgan fingerprint density at radius 1 is 1.36 bits per heavy atom. The molecule has 0 bridgehead atoms. The zero-order valence-electron chi connectivity index (χ0n) is 8.62. The van der Waals surface area contributed by atoms with Gasteiger partial charge in [0.05, 0.1) is 4.87 Å². The minimum atomic E-state index is 0.307. The van der Waals surface area contributed by atoms with E-state index >= 15 is 0 Å². The molecule has 1 atom stereocenters. The van der Waals surface area contributed by atoms with E-state index in [0.717, 1.165) is 13.0 Å². The van der Waals surface area contributed by atoms with Crippen molar-refractivity contribution >= 4 is 11.8 Å². The number of hydrogen-bond donors (Lipinski definition) is 1. The van der Waals surface area contributed by atoms with E-state index in [4.69, 9.17) is 0 Å². The van der Waals surface area contributed by atoms with Gasteiger partial charge in [-0.05, 0) is 18.4 Å². The average molecular weight is 207 g/mol. The van der Waals surface area contributed by atoms with Crippen molar-refractivity contribution < 1.29 is 0 Å². The van der Waals surface area contributed by atoms with Gasteiger partial charge in [-0.1, -0.05) is 37.3 Å². The van der Waals surface area contributed by atoms with E-state index < -0.39 is 0 Å². The van der Waals surface area contributed by atoms with Gasteiger partial charge in [0.25, 0.3) is 0 Å². The van der Waals surface area contributed by atoms with Gasteiger partial charge in [0.2, 0.25) is 0 Å². The quantitative estimate of drug-likeness (QED) is 0.818. The summed E-state index contributed by atoms with van der Waals surface area (Å²) in [6, 6.07) is 10.8. The fourth-order valence-corrected chi connectivity index (χ4v) is 3.24. The van der Waals surface area contributed by atoms with Crippen molar-refractivity contribution in [3.63, 3.8) is 0 Å². The molecule has 1 aromatic carbocycles. The molecule has 0 aromatic heterocycles. The Kier molecular flexibility index (Phi) is 3.14. The van der Waals surface area contributed by atoms with Crippen molar-refractivity contribution in [2.24, 2.45) is 0 Å². The fraction of sp³-hybridized carbons (Fsp3) is 0.500. The summed E-state index contributed by atoms with van der Waals surface area (Å²) in [5, 5.41) is 3.63. The first-order valence-electron chi connectivity index (χ1n) is 5.27. The Labute approximate surface area is 90.3 Å². The van der Waals surface area contributed by atoms with Crippen LogP contribution in [0, 0.1) is 0 Å². The molecule has 2 rings (SSSR count). The molecule has 1 saturated heterocycles. The third-order valence-corrected chi connectivity index (χ3v) is 4.37. The van der Waals surface area contributed by atoms with Crippen LogP contribution >= 0.6 is 11.8 Å². The van der Waals surface area contributed by atoms with Gasteiger partial charge in [-0.15, -0.1) is 11.8 Å². The number of nitrogens with one attached hydrogen (secondary N) is 1. The van der Waals surface area contributed by atoms with Crippen LogP contribution in [0.5, 0.6) is 0 Å². The van der Waals surface area contributed by atoms with E-state index in [2.05, 4.69) is 54.3 Å². The molecule has 1 fully saturated rings. The zero-order chi connectivity index (χ0) is 9.86. The van der Waals surface area contributed by atoms with Crippen LogP contribution in [-0.4, -0.2) is 17.2 Å². The highest BCUT2D eigenvalue weighted by Crippen LogP contribution is 2.33. The van der Waals surface area contributed by atoms with Crippen LogP contribution < -0.4 is 5.32 Å². The third kappa shape index (κ3) is 2.12. The highest BCUT2D eigenvalue weighted by Gasteiger charge is 2.32. The van der Waals surface area contributed by atoms with Gasteiger partial charge in [0.1, 0.15) is 0 Å². The van der Waals surface area contributed by atoms with Crippen LogP contribution in [0.25, 0.3) is 0 Å². The second-order valence-corrected chi connectivity index (χ2v) is 5.26. The SMILES string of the molecule is CCC1(Cc2ccccc2)NCCS1. The van der Waals surface area contributed by atoms with Crippen molar-refractivity contribution in [1.29, 1.82) is 0 Å². The molecule has 1 aromatic rings. The zero-order valence-corrected chi connectivity index (χ0v) is 9.44. The highest BCUT2D eigenvalue weighted by atomic mass is 32.2. The molecular formula is C12H17NS. The minimum Gasteiger partial charge on any atom is -0.302 e. The molecular weight excluding hydrogens is 190 g/mol. The molecule has 1 aliphatic heterocycles. The van der Waals surface area contributed by atoms with E-state index in [1.807, 2.05) is 0 Å². The molecule has 14 heavy (non-hydrogen) atoms. The molecule has 1 nitrogen and oxygen atoms in total. The molecule has 0 radical (unpaired) electrons. The monoisotopic (exact) mass is 207 g/mol. The number of benzene rings is 1. The summed E-state index contributed by atoms with van der Waals surface area (Å²) in [5.74, 6) is 1.25. The summed E-state index contributed by atoms with van der Waals surface area (Å²) >= 11 is 2.07. The molecule has 1 N–H and O–H groups in total. The second-order valence-electron chi connectivity index (χ2n) is 3.79. The van der Waals surface area contributed by atoms with Gasteiger partial charge in [-0.3, -0.25) is 0 Å². The Morgan fingerprint density at radius 3 is 2.71 bits per heavy atom. The Balaban J connectivity index is 2.08. The molecule has 1 unspecified atom stereocenters. The van der Waals surface area contributed by atoms with Crippen molar-refractivity contribution in [1.82, 2.24) is 5.32 Å². The maximum absolute atomic E-state index is 3.63. The average Bonchev–Trinajstić information content (AvgIpc) is 2.69. The highest BCUT2D eigenvalue weighted by molar-refractivity contribution is 8.00. The van der Waals surface area contributed by atoms with Gasteiger partial charge < -0.3 is 5.32 Å². The van der Waals surface area contributed by atoms with Crippen LogP contribution in [0.15, 0.2) is 30.3 Å². The van der Waals surface area contributed by atoms with E-state index in [1.54, 1.807) is 0 Å². The molecule has 0 spiro atoms. The smallest absolute Gasteiger partial charge is 0.0684 e. The summed E-state index contributed by atoms with van der Waals surface area (Å²) < 4.78 is 0. The molecule has 0 saturated carbocycles. The van der Waals surface area contributed by atoms with Gasteiger partial charge in [-0.25, -0.2) is 0 Å². The molecule has 0 aliphatic carbocycles. The lowest BCUT2D eigenvalue weighted by Crippen LogP contribution is -2.38. The molecule has 76 valence electrons. The minimum absolute atomic E-state index is 0.307. The summed E-state index contributed by atoms with van der Waals surface area (Å²) in [7, 11) is 0. The lowest BCUT2D eigenvalue weighted by Gasteiger charge is -2.27. The van der Waals surface area contributed by atoms with Crippen molar-refractivity contribution in [3.8, 4) is 0 Å². The van der Waals surface area contributed by atoms with Crippen molar-refractivity contribution in [2.75, 3.05) is 12.3 Å². The van der Waals surface area contributed by atoms with E-state index in [9.17, 15) is 0 Å². The third-order valence-electron chi connectivity index (χ3n) is 2.83. The summed E-state index contributed by atoms with van der Waals surface area (Å²) in [6.07, 6.45) is 2.35. The van der Waals surface area contributed by atoms with Crippen LogP contribution in [0.1, 0.15) is 18.9 Å². The second kappa shape index (κ2) is 4.37. The first kappa shape index (κ1) is 10.1. The molecule has 0 amide bonds. The van der Waals surface area contributed by atoms with Crippen molar-refractivity contribution in [2.45, 2.75) is 24.6 Å². The summed E-state index contributed by atoms with van der Waals surface area (Å²) in [5.41, 5.74) is 1.44. The first-order valence-corrected chi connectivity index (χ1v) is 6.26. The van der Waals surface area contributed by atoms with Gasteiger partial charge in [0, 0.05) is 12.3 Å². The summed E-state index contributed by atoms with van der Waals surface area (Å²) in [6.45, 7) is 3.43. The van der Waals surface area contributed by atoms with Gasteiger partial charge in [0.15, 0.2) is 0 Å². The fourth-order valence-electron chi connectivity index (χ4n) is 1.97. The summed E-state index contributed by atoms with van der Waals surface area (Å²) in [4.78, 5) is 0.307. The predicted molar refractivity (Wildman–Crippen MR) is 63.6 cm³/mol. The first-order chi connectivity index (χ1) is 6.85. The van der Waals surface area contributed by atoms with Gasteiger partial charge >= 0.3 is 0 Å². The topological polar surface area (TPSA) is 12.0 Å². The maximum Gasteiger partial charge on any atom is 0.0684 e. The maximum atomic E-state index is 3.63. The predicted octanol–water partition coefficient (Wildman–Crippen LogP) is 2.67. The van der Waals surface area contributed by atoms with E-state index in [1.165, 1.54) is 17.7 Å². The Morgan fingerprint density at radius 2 is 2.14 bits per heavy atom. The van der Waals surface area contributed by atoms with Gasteiger partial charge in [-0.2, -0.15) is 0 Å². The standard InChI is InChI=1S/C12H17NS/c1-2-12(13-8-9-14-12)10-11-6-4-3-5-7-11/h3-7,13H,2,8-10H2,1H3. The number of thioether (sulfide) groups is 1. The Bertz CT molecular complexity index is 278. The van der Waals surface area contributed by atoms with Crippen LogP contribution in [0.2, 0.25) is 0 Å². The largest absolute Gasteiger partial charge is 0.302 e. The lowest BCUT2D eigenvalue weighted by molar-refractivity contribution is 0.484. The van der Waals surface area contributed by atoms with Crippen LogP contribution in [0.3, 0.4) is 0 Å². The normalized spacial score (nSPS) is 26.6. The van der Waals surface area contributed by atoms with Crippen molar-refractivity contribution in [3.05, 3.63) is 35.9 Å². The lowest BCUT2D eigenvalue weighted by atomic mass is 10.0. The van der Waals surface area contributed by atoms with Crippen LogP contribution in [0.4, 0.5) is 0 Å². The Hall–Kier alpha value is -0.470. The molecule has 1 heterocycles. The molecule has 2 heteroatoms.